The smallest absolute Gasteiger partial charge is 0.294 e. The number of fused-ring (bicyclic) bond motifs is 1. The third kappa shape index (κ3) is 1.68. The molecule has 0 saturated heterocycles. The summed E-state index contributed by atoms with van der Waals surface area (Å²) < 4.78 is 30.7. The summed E-state index contributed by atoms with van der Waals surface area (Å²) in [6.07, 6.45) is 0. The number of anilines is 2. The minimum Gasteiger partial charge on any atom is -0.397 e. The molecule has 0 spiro atoms. The maximum absolute atomic E-state index is 10.9. The van der Waals surface area contributed by atoms with Crippen LogP contribution in [0.1, 0.15) is 0 Å². The van der Waals surface area contributed by atoms with Crippen molar-refractivity contribution < 1.29 is 13.0 Å². The van der Waals surface area contributed by atoms with E-state index >= 15 is 0 Å². The van der Waals surface area contributed by atoms with Gasteiger partial charge < -0.3 is 11.5 Å². The van der Waals surface area contributed by atoms with Gasteiger partial charge in [-0.3, -0.25) is 4.55 Å². The predicted molar refractivity (Wildman–Crippen MR) is 62.6 cm³/mol. The zero-order valence-corrected chi connectivity index (χ0v) is 9.03. The molecular formula is C10H10N2O3S. The lowest BCUT2D eigenvalue weighted by molar-refractivity contribution is 0.483. The monoisotopic (exact) mass is 238 g/mol. The van der Waals surface area contributed by atoms with Crippen LogP contribution >= 0.6 is 0 Å². The average molecular weight is 238 g/mol. The second-order valence-corrected chi connectivity index (χ2v) is 4.85. The molecule has 0 aromatic heterocycles. The first kappa shape index (κ1) is 10.7. The lowest BCUT2D eigenvalue weighted by Crippen LogP contribution is -1.99. The van der Waals surface area contributed by atoms with Crippen molar-refractivity contribution in [2.45, 2.75) is 4.90 Å². The van der Waals surface area contributed by atoms with Crippen molar-refractivity contribution in [3.63, 3.8) is 0 Å². The SMILES string of the molecule is Nc1ccc2cc(S(=O)(=O)O)ccc2c1N. The fourth-order valence-electron chi connectivity index (χ4n) is 1.51. The summed E-state index contributed by atoms with van der Waals surface area (Å²) in [4.78, 5) is -0.163. The van der Waals surface area contributed by atoms with Gasteiger partial charge in [-0.05, 0) is 23.6 Å². The van der Waals surface area contributed by atoms with Crippen LogP contribution in [0.4, 0.5) is 11.4 Å². The third-order valence-corrected chi connectivity index (χ3v) is 3.21. The van der Waals surface area contributed by atoms with Crippen molar-refractivity contribution in [1.82, 2.24) is 0 Å². The van der Waals surface area contributed by atoms with E-state index in [0.29, 0.717) is 22.1 Å². The number of nitrogen functional groups attached to an aromatic ring is 2. The molecule has 0 amide bonds. The van der Waals surface area contributed by atoms with E-state index in [1.165, 1.54) is 18.2 Å². The molecule has 0 aliphatic heterocycles. The molecule has 0 unspecified atom stereocenters. The van der Waals surface area contributed by atoms with Gasteiger partial charge in [0, 0.05) is 5.39 Å². The predicted octanol–water partition coefficient (Wildman–Crippen LogP) is 1.25. The molecule has 84 valence electrons. The Morgan fingerprint density at radius 2 is 1.75 bits per heavy atom. The molecule has 2 aromatic carbocycles. The zero-order chi connectivity index (χ0) is 11.9. The molecule has 0 radical (unpaired) electrons. The van der Waals surface area contributed by atoms with Gasteiger partial charge in [-0.15, -0.1) is 0 Å². The first-order chi connectivity index (χ1) is 7.39. The first-order valence-corrected chi connectivity index (χ1v) is 5.89. The molecule has 0 aliphatic carbocycles. The summed E-state index contributed by atoms with van der Waals surface area (Å²) >= 11 is 0. The number of rotatable bonds is 1. The molecule has 0 saturated carbocycles. The Morgan fingerprint density at radius 3 is 2.38 bits per heavy atom. The highest BCUT2D eigenvalue weighted by Gasteiger charge is 2.11. The van der Waals surface area contributed by atoms with E-state index in [4.69, 9.17) is 16.0 Å². The second-order valence-electron chi connectivity index (χ2n) is 3.43. The summed E-state index contributed by atoms with van der Waals surface area (Å²) in [5.41, 5.74) is 12.2. The van der Waals surface area contributed by atoms with Crippen LogP contribution in [-0.2, 0) is 10.1 Å². The highest BCUT2D eigenvalue weighted by molar-refractivity contribution is 7.85. The summed E-state index contributed by atoms with van der Waals surface area (Å²) in [5.74, 6) is 0. The number of hydrogen-bond donors (Lipinski definition) is 3. The van der Waals surface area contributed by atoms with Gasteiger partial charge in [-0.1, -0.05) is 12.1 Å². The van der Waals surface area contributed by atoms with Crippen LogP contribution in [0.15, 0.2) is 35.2 Å². The summed E-state index contributed by atoms with van der Waals surface area (Å²) in [6, 6.07) is 7.39. The quantitative estimate of drug-likeness (QED) is 0.512. The van der Waals surface area contributed by atoms with E-state index in [1.54, 1.807) is 12.1 Å². The molecule has 5 nitrogen and oxygen atoms in total. The molecule has 0 atom stereocenters. The van der Waals surface area contributed by atoms with Crippen molar-refractivity contribution in [2.24, 2.45) is 0 Å². The minimum absolute atomic E-state index is 0.163. The molecule has 5 N–H and O–H groups in total. The lowest BCUT2D eigenvalue weighted by atomic mass is 10.1. The highest BCUT2D eigenvalue weighted by atomic mass is 32.2. The Hall–Kier alpha value is -1.79. The normalized spacial score (nSPS) is 11.8. The van der Waals surface area contributed by atoms with Gasteiger partial charge in [0.1, 0.15) is 0 Å². The molecule has 16 heavy (non-hydrogen) atoms. The van der Waals surface area contributed by atoms with Crippen LogP contribution in [0.5, 0.6) is 0 Å². The van der Waals surface area contributed by atoms with Crippen LogP contribution in [0, 0.1) is 0 Å². The van der Waals surface area contributed by atoms with Crippen molar-refractivity contribution in [2.75, 3.05) is 11.5 Å². The minimum atomic E-state index is -4.19. The summed E-state index contributed by atoms with van der Waals surface area (Å²) in [6.45, 7) is 0. The van der Waals surface area contributed by atoms with E-state index in [9.17, 15) is 8.42 Å². The van der Waals surface area contributed by atoms with Crippen LogP contribution in [-0.4, -0.2) is 13.0 Å². The molecule has 0 fully saturated rings. The van der Waals surface area contributed by atoms with E-state index in [0.717, 1.165) is 0 Å². The Kier molecular flexibility index (Phi) is 2.25. The Labute approximate surface area is 92.4 Å². The van der Waals surface area contributed by atoms with Crippen LogP contribution in [0.3, 0.4) is 0 Å². The largest absolute Gasteiger partial charge is 0.397 e. The summed E-state index contributed by atoms with van der Waals surface area (Å²) in [7, 11) is -4.19. The molecule has 0 bridgehead atoms. The van der Waals surface area contributed by atoms with Gasteiger partial charge in [0.15, 0.2) is 0 Å². The third-order valence-electron chi connectivity index (χ3n) is 2.36. The van der Waals surface area contributed by atoms with Gasteiger partial charge in [-0.25, -0.2) is 0 Å². The van der Waals surface area contributed by atoms with Crippen molar-refractivity contribution in [1.29, 1.82) is 0 Å². The fraction of sp³-hybridized carbons (Fsp3) is 0. The molecule has 6 heteroatoms. The molecular weight excluding hydrogens is 228 g/mol. The number of nitrogens with two attached hydrogens (primary N) is 2. The lowest BCUT2D eigenvalue weighted by Gasteiger charge is -2.06. The maximum Gasteiger partial charge on any atom is 0.294 e. The molecule has 0 aliphatic rings. The maximum atomic E-state index is 10.9. The zero-order valence-electron chi connectivity index (χ0n) is 8.21. The summed E-state index contributed by atoms with van der Waals surface area (Å²) in [5, 5.41) is 1.27. The average Bonchev–Trinajstić information content (AvgIpc) is 2.22. The standard InChI is InChI=1S/C10H10N2O3S/c11-9-4-1-6-5-7(16(13,14)15)2-3-8(6)10(9)12/h1-5H,11-12H2,(H,13,14,15). The Balaban J connectivity index is 2.80. The van der Waals surface area contributed by atoms with Crippen molar-refractivity contribution in [3.8, 4) is 0 Å². The molecule has 0 heterocycles. The molecule has 2 aromatic rings. The van der Waals surface area contributed by atoms with Gasteiger partial charge in [0.05, 0.1) is 16.3 Å². The van der Waals surface area contributed by atoms with Crippen LogP contribution in [0.25, 0.3) is 10.8 Å². The molecule has 2 rings (SSSR count). The van der Waals surface area contributed by atoms with Crippen molar-refractivity contribution in [3.05, 3.63) is 30.3 Å². The topological polar surface area (TPSA) is 106 Å². The number of hydrogen-bond acceptors (Lipinski definition) is 4. The Bertz CT molecular complexity index is 665. The van der Waals surface area contributed by atoms with E-state index in [1.807, 2.05) is 0 Å². The van der Waals surface area contributed by atoms with Gasteiger partial charge in [-0.2, -0.15) is 8.42 Å². The Morgan fingerprint density at radius 1 is 1.06 bits per heavy atom. The highest BCUT2D eigenvalue weighted by Crippen LogP contribution is 2.28. The van der Waals surface area contributed by atoms with Crippen molar-refractivity contribution >= 4 is 32.3 Å². The van der Waals surface area contributed by atoms with Gasteiger partial charge in [0.25, 0.3) is 10.1 Å². The van der Waals surface area contributed by atoms with E-state index in [-0.39, 0.29) is 4.90 Å². The fourth-order valence-corrected chi connectivity index (χ4v) is 2.03. The van der Waals surface area contributed by atoms with E-state index < -0.39 is 10.1 Å². The van der Waals surface area contributed by atoms with E-state index in [2.05, 4.69) is 0 Å². The number of benzene rings is 2. The van der Waals surface area contributed by atoms with Crippen LogP contribution in [0.2, 0.25) is 0 Å². The first-order valence-electron chi connectivity index (χ1n) is 4.45. The van der Waals surface area contributed by atoms with Gasteiger partial charge >= 0.3 is 0 Å². The van der Waals surface area contributed by atoms with Gasteiger partial charge in [0.2, 0.25) is 0 Å². The van der Waals surface area contributed by atoms with Crippen LogP contribution < -0.4 is 11.5 Å². The second kappa shape index (κ2) is 3.36.